The molecule has 21 heavy (non-hydrogen) atoms. The first kappa shape index (κ1) is 16.3. The summed E-state index contributed by atoms with van der Waals surface area (Å²) < 4.78 is 5.48. The van der Waals surface area contributed by atoms with E-state index in [-0.39, 0.29) is 6.04 Å². The molecule has 0 aliphatic heterocycles. The van der Waals surface area contributed by atoms with E-state index in [0.29, 0.717) is 6.54 Å². The normalized spacial score (nSPS) is 27.4. The average Bonchev–Trinajstić information content (AvgIpc) is 2.48. The Morgan fingerprint density at radius 2 is 2.05 bits per heavy atom. The molecule has 0 radical (unpaired) electrons. The van der Waals surface area contributed by atoms with Gasteiger partial charge in [0.25, 0.3) is 0 Å². The molecule has 1 fully saturated rings. The number of methoxy groups -OCH3 is 1. The molecule has 3 nitrogen and oxygen atoms in total. The van der Waals surface area contributed by atoms with Crippen molar-refractivity contribution in [2.75, 3.05) is 13.7 Å². The predicted octanol–water partition coefficient (Wildman–Crippen LogP) is 3.60. The van der Waals surface area contributed by atoms with Crippen LogP contribution in [0.3, 0.4) is 0 Å². The molecule has 1 aromatic carbocycles. The number of nitrogens with one attached hydrogen (secondary N) is 1. The first-order chi connectivity index (χ1) is 9.93. The summed E-state index contributed by atoms with van der Waals surface area (Å²) in [5.74, 6) is 1.67. The second kappa shape index (κ2) is 6.80. The quantitative estimate of drug-likeness (QED) is 0.871. The Morgan fingerprint density at radius 1 is 1.38 bits per heavy atom. The van der Waals surface area contributed by atoms with E-state index in [9.17, 15) is 5.11 Å². The maximum Gasteiger partial charge on any atom is 0.123 e. The van der Waals surface area contributed by atoms with E-state index in [1.165, 1.54) is 5.56 Å². The highest BCUT2D eigenvalue weighted by molar-refractivity contribution is 5.39. The van der Waals surface area contributed by atoms with E-state index in [2.05, 4.69) is 44.3 Å². The number of benzene rings is 1. The molecular formula is C18H29NO2. The van der Waals surface area contributed by atoms with Crippen molar-refractivity contribution in [3.05, 3.63) is 29.3 Å². The molecule has 3 heteroatoms. The Bertz CT molecular complexity index is 464. The standard InChI is InChI=1S/C18H29NO2/c1-13-7-9-18(20,10-8-13)12-19-15(3)16-6-5-14(2)11-17(16)21-4/h5-6,11,13,15,19-20H,7-10,12H2,1-4H3. The maximum absolute atomic E-state index is 10.7. The van der Waals surface area contributed by atoms with Gasteiger partial charge in [-0.15, -0.1) is 0 Å². The van der Waals surface area contributed by atoms with Crippen molar-refractivity contribution in [3.63, 3.8) is 0 Å². The molecule has 0 aromatic heterocycles. The van der Waals surface area contributed by atoms with Gasteiger partial charge < -0.3 is 15.2 Å². The van der Waals surface area contributed by atoms with Gasteiger partial charge >= 0.3 is 0 Å². The van der Waals surface area contributed by atoms with Crippen LogP contribution in [-0.4, -0.2) is 24.4 Å². The van der Waals surface area contributed by atoms with E-state index in [1.807, 2.05) is 0 Å². The predicted molar refractivity (Wildman–Crippen MR) is 86.7 cm³/mol. The topological polar surface area (TPSA) is 41.5 Å². The average molecular weight is 291 g/mol. The fourth-order valence-corrected chi connectivity index (χ4v) is 3.11. The Kier molecular flexibility index (Phi) is 5.28. The van der Waals surface area contributed by atoms with Crippen molar-refractivity contribution < 1.29 is 9.84 Å². The Balaban J connectivity index is 1.97. The summed E-state index contributed by atoms with van der Waals surface area (Å²) in [4.78, 5) is 0. The lowest BCUT2D eigenvalue weighted by atomic mass is 9.79. The molecule has 1 atom stereocenters. The van der Waals surface area contributed by atoms with Crippen molar-refractivity contribution in [1.29, 1.82) is 0 Å². The highest BCUT2D eigenvalue weighted by Gasteiger charge is 2.32. The lowest BCUT2D eigenvalue weighted by Crippen LogP contribution is -2.44. The van der Waals surface area contributed by atoms with Gasteiger partial charge in [0, 0.05) is 18.2 Å². The monoisotopic (exact) mass is 291 g/mol. The molecule has 1 aliphatic rings. The van der Waals surface area contributed by atoms with Crippen LogP contribution >= 0.6 is 0 Å². The van der Waals surface area contributed by atoms with Crippen LogP contribution in [0.15, 0.2) is 18.2 Å². The van der Waals surface area contributed by atoms with Crippen LogP contribution in [0.4, 0.5) is 0 Å². The highest BCUT2D eigenvalue weighted by atomic mass is 16.5. The fourth-order valence-electron chi connectivity index (χ4n) is 3.11. The van der Waals surface area contributed by atoms with Gasteiger partial charge in [-0.2, -0.15) is 0 Å². The van der Waals surface area contributed by atoms with Crippen molar-refractivity contribution in [2.24, 2.45) is 5.92 Å². The van der Waals surface area contributed by atoms with Gasteiger partial charge in [0.2, 0.25) is 0 Å². The van der Waals surface area contributed by atoms with Crippen LogP contribution in [0.5, 0.6) is 5.75 Å². The van der Waals surface area contributed by atoms with Crippen LogP contribution in [-0.2, 0) is 0 Å². The largest absolute Gasteiger partial charge is 0.496 e. The molecule has 0 saturated heterocycles. The van der Waals surface area contributed by atoms with Crippen molar-refractivity contribution in [3.8, 4) is 5.75 Å². The molecule has 0 heterocycles. The first-order valence-corrected chi connectivity index (χ1v) is 8.04. The van der Waals surface area contributed by atoms with E-state index < -0.39 is 5.60 Å². The van der Waals surface area contributed by atoms with Crippen molar-refractivity contribution in [1.82, 2.24) is 5.32 Å². The van der Waals surface area contributed by atoms with Gasteiger partial charge in [-0.05, 0) is 57.1 Å². The number of aryl methyl sites for hydroxylation is 1. The molecule has 1 saturated carbocycles. The zero-order chi connectivity index (χ0) is 15.5. The molecule has 0 amide bonds. The number of rotatable bonds is 5. The summed E-state index contributed by atoms with van der Waals surface area (Å²) in [5, 5.41) is 14.1. The van der Waals surface area contributed by atoms with Crippen molar-refractivity contribution >= 4 is 0 Å². The Labute approximate surface area is 128 Å². The number of hydrogen-bond acceptors (Lipinski definition) is 3. The van der Waals surface area contributed by atoms with Crippen molar-refractivity contribution in [2.45, 2.75) is 58.1 Å². The van der Waals surface area contributed by atoms with E-state index in [1.54, 1.807) is 7.11 Å². The summed E-state index contributed by atoms with van der Waals surface area (Å²) in [6, 6.07) is 6.44. The van der Waals surface area contributed by atoms with Crippen LogP contribution < -0.4 is 10.1 Å². The zero-order valence-electron chi connectivity index (χ0n) is 13.8. The third kappa shape index (κ3) is 4.21. The number of ether oxygens (including phenoxy) is 1. The third-order valence-corrected chi connectivity index (χ3v) is 4.80. The third-order valence-electron chi connectivity index (χ3n) is 4.80. The summed E-state index contributed by atoms with van der Waals surface area (Å²) in [5.41, 5.74) is 1.80. The second-order valence-corrected chi connectivity index (χ2v) is 6.75. The molecule has 2 rings (SSSR count). The first-order valence-electron chi connectivity index (χ1n) is 8.04. The summed E-state index contributed by atoms with van der Waals surface area (Å²) >= 11 is 0. The molecule has 1 unspecified atom stereocenters. The smallest absolute Gasteiger partial charge is 0.123 e. The van der Waals surface area contributed by atoms with Gasteiger partial charge in [0.05, 0.1) is 12.7 Å². The van der Waals surface area contributed by atoms with E-state index >= 15 is 0 Å². The molecule has 2 N–H and O–H groups in total. The lowest BCUT2D eigenvalue weighted by Gasteiger charge is -2.36. The van der Waals surface area contributed by atoms with E-state index in [4.69, 9.17) is 4.74 Å². The van der Waals surface area contributed by atoms with Gasteiger partial charge in [-0.25, -0.2) is 0 Å². The van der Waals surface area contributed by atoms with Gasteiger partial charge in [-0.1, -0.05) is 19.1 Å². The van der Waals surface area contributed by atoms with Gasteiger partial charge in [0.15, 0.2) is 0 Å². The fraction of sp³-hybridized carbons (Fsp3) is 0.667. The molecule has 0 bridgehead atoms. The van der Waals surface area contributed by atoms with Crippen LogP contribution in [0.2, 0.25) is 0 Å². The summed E-state index contributed by atoms with van der Waals surface area (Å²) in [7, 11) is 1.71. The summed E-state index contributed by atoms with van der Waals surface area (Å²) in [6.45, 7) is 7.11. The maximum atomic E-state index is 10.7. The van der Waals surface area contributed by atoms with Gasteiger partial charge in [0.1, 0.15) is 5.75 Å². The SMILES string of the molecule is COc1cc(C)ccc1C(C)NCC1(O)CCC(C)CC1. The molecular weight excluding hydrogens is 262 g/mol. The van der Waals surface area contributed by atoms with Gasteiger partial charge in [-0.3, -0.25) is 0 Å². The Hall–Kier alpha value is -1.06. The highest BCUT2D eigenvalue weighted by Crippen LogP contribution is 2.32. The summed E-state index contributed by atoms with van der Waals surface area (Å²) in [6.07, 6.45) is 4.05. The second-order valence-electron chi connectivity index (χ2n) is 6.75. The minimum atomic E-state index is -0.543. The minimum absolute atomic E-state index is 0.170. The molecule has 1 aliphatic carbocycles. The zero-order valence-corrected chi connectivity index (χ0v) is 13.8. The van der Waals surface area contributed by atoms with Crippen LogP contribution in [0, 0.1) is 12.8 Å². The number of aliphatic hydroxyl groups is 1. The van der Waals surface area contributed by atoms with Crippen LogP contribution in [0.1, 0.15) is 56.7 Å². The lowest BCUT2D eigenvalue weighted by molar-refractivity contribution is -0.00788. The molecule has 118 valence electrons. The minimum Gasteiger partial charge on any atom is -0.496 e. The van der Waals surface area contributed by atoms with Crippen LogP contribution in [0.25, 0.3) is 0 Å². The molecule has 1 aromatic rings. The number of hydrogen-bond donors (Lipinski definition) is 2. The molecule has 0 spiro atoms. The van der Waals surface area contributed by atoms with E-state index in [0.717, 1.165) is 42.9 Å². The Morgan fingerprint density at radius 3 is 2.67 bits per heavy atom.